The number of fused-ring (bicyclic) bond motifs is 2. The zero-order valence-corrected chi connectivity index (χ0v) is 12.1. The Morgan fingerprint density at radius 1 is 1.50 bits per heavy atom. The monoisotopic (exact) mass is 307 g/mol. The van der Waals surface area contributed by atoms with Crippen LogP contribution in [0.5, 0.6) is 0 Å². The minimum atomic E-state index is -0.269. The largest absolute Gasteiger partial charge is 0.356 e. The molecular formula is C13H17N5O4. The molecule has 0 aromatic carbocycles. The van der Waals surface area contributed by atoms with Crippen LogP contribution in [0, 0.1) is 0 Å². The predicted molar refractivity (Wildman–Crippen MR) is 76.5 cm³/mol. The summed E-state index contributed by atoms with van der Waals surface area (Å²) in [6, 6.07) is 0. The van der Waals surface area contributed by atoms with E-state index in [-0.39, 0.29) is 24.0 Å². The lowest BCUT2D eigenvalue weighted by molar-refractivity contribution is -0.182. The molecule has 2 N–H and O–H groups in total. The zero-order chi connectivity index (χ0) is 15.1. The Labute approximate surface area is 125 Å². The van der Waals surface area contributed by atoms with E-state index in [1.165, 1.54) is 0 Å². The first-order valence-electron chi connectivity index (χ1n) is 7.32. The average Bonchev–Trinajstić information content (AvgIpc) is 3.10. The second-order valence-corrected chi connectivity index (χ2v) is 5.33. The smallest absolute Gasteiger partial charge is 0.280 e. The van der Waals surface area contributed by atoms with Crippen LogP contribution in [0.15, 0.2) is 11.1 Å². The summed E-state index contributed by atoms with van der Waals surface area (Å²) in [6.45, 7) is 3.41. The van der Waals surface area contributed by atoms with Crippen LogP contribution in [0.4, 0.5) is 5.95 Å². The lowest BCUT2D eigenvalue weighted by atomic mass is 10.2. The van der Waals surface area contributed by atoms with Gasteiger partial charge in [-0.25, -0.2) is 4.98 Å². The Kier molecular flexibility index (Phi) is 3.32. The number of imidazole rings is 1. The molecule has 3 atom stereocenters. The van der Waals surface area contributed by atoms with Gasteiger partial charge in [-0.3, -0.25) is 14.3 Å². The van der Waals surface area contributed by atoms with Crippen molar-refractivity contribution in [1.29, 1.82) is 0 Å². The van der Waals surface area contributed by atoms with E-state index in [2.05, 4.69) is 20.3 Å². The molecule has 118 valence electrons. The van der Waals surface area contributed by atoms with Crippen LogP contribution in [0.2, 0.25) is 0 Å². The molecule has 4 rings (SSSR count). The first kappa shape index (κ1) is 13.7. The molecule has 0 amide bonds. The third kappa shape index (κ3) is 2.18. The van der Waals surface area contributed by atoms with Crippen molar-refractivity contribution in [2.45, 2.75) is 31.8 Å². The van der Waals surface area contributed by atoms with Crippen LogP contribution in [0.1, 0.15) is 19.6 Å². The molecular weight excluding hydrogens is 290 g/mol. The quantitative estimate of drug-likeness (QED) is 0.835. The maximum absolute atomic E-state index is 12.1. The van der Waals surface area contributed by atoms with Crippen LogP contribution in [0.3, 0.4) is 0 Å². The van der Waals surface area contributed by atoms with E-state index >= 15 is 0 Å². The Balaban J connectivity index is 1.71. The summed E-state index contributed by atoms with van der Waals surface area (Å²) >= 11 is 0. The summed E-state index contributed by atoms with van der Waals surface area (Å²) in [6.07, 6.45) is 1.93. The van der Waals surface area contributed by atoms with E-state index < -0.39 is 0 Å². The van der Waals surface area contributed by atoms with Gasteiger partial charge in [-0.15, -0.1) is 0 Å². The first-order valence-corrected chi connectivity index (χ1v) is 7.32. The lowest BCUT2D eigenvalue weighted by Crippen LogP contribution is -2.35. The molecule has 2 aromatic heterocycles. The maximum atomic E-state index is 12.1. The molecule has 9 nitrogen and oxygen atoms in total. The number of aromatic nitrogens is 4. The summed E-state index contributed by atoms with van der Waals surface area (Å²) in [5.41, 5.74) is 0.538. The van der Waals surface area contributed by atoms with Gasteiger partial charge in [0.25, 0.3) is 5.56 Å². The highest BCUT2D eigenvalue weighted by Gasteiger charge is 2.40. The van der Waals surface area contributed by atoms with Crippen LogP contribution in [-0.4, -0.2) is 51.7 Å². The topological polar surface area (TPSA) is 103 Å². The zero-order valence-electron chi connectivity index (χ0n) is 12.1. The Morgan fingerprint density at radius 3 is 3.23 bits per heavy atom. The van der Waals surface area contributed by atoms with Gasteiger partial charge in [-0.1, -0.05) is 0 Å². The van der Waals surface area contributed by atoms with E-state index in [0.29, 0.717) is 43.5 Å². The summed E-state index contributed by atoms with van der Waals surface area (Å²) < 4.78 is 18.5. The van der Waals surface area contributed by atoms with E-state index in [4.69, 9.17) is 14.2 Å². The summed E-state index contributed by atoms with van der Waals surface area (Å²) in [4.78, 5) is 23.3. The van der Waals surface area contributed by atoms with Crippen LogP contribution >= 0.6 is 0 Å². The minimum absolute atomic E-state index is 0.00596. The molecule has 2 aromatic rings. The van der Waals surface area contributed by atoms with Gasteiger partial charge in [0, 0.05) is 13.0 Å². The minimum Gasteiger partial charge on any atom is -0.356 e. The van der Waals surface area contributed by atoms with Gasteiger partial charge < -0.3 is 19.5 Å². The van der Waals surface area contributed by atoms with E-state index in [9.17, 15) is 4.79 Å². The molecule has 0 aliphatic carbocycles. The molecule has 0 radical (unpaired) electrons. The second kappa shape index (κ2) is 5.34. The van der Waals surface area contributed by atoms with Crippen molar-refractivity contribution in [3.63, 3.8) is 0 Å². The van der Waals surface area contributed by atoms with Gasteiger partial charge in [0.1, 0.15) is 19.1 Å². The molecule has 4 heterocycles. The standard InChI is InChI=1S/C13H17N5O4/c1-2-14-13-16-11-10(12(19)17-13)15-5-18(11)9-3-7-8(22-9)4-20-6-21-7/h5,7-9H,2-4,6H2,1H3,(H2,14,16,17,19). The first-order chi connectivity index (χ1) is 10.8. The van der Waals surface area contributed by atoms with Gasteiger partial charge in [0.15, 0.2) is 11.2 Å². The summed E-state index contributed by atoms with van der Waals surface area (Å²) in [7, 11) is 0. The van der Waals surface area contributed by atoms with E-state index in [1.54, 1.807) is 10.9 Å². The van der Waals surface area contributed by atoms with Crippen molar-refractivity contribution in [2.75, 3.05) is 25.3 Å². The van der Waals surface area contributed by atoms with Crippen LogP contribution in [-0.2, 0) is 14.2 Å². The van der Waals surface area contributed by atoms with Crippen molar-refractivity contribution >= 4 is 17.1 Å². The van der Waals surface area contributed by atoms with Crippen molar-refractivity contribution in [3.05, 3.63) is 16.7 Å². The molecule has 0 spiro atoms. The molecule has 22 heavy (non-hydrogen) atoms. The number of nitrogens with zero attached hydrogens (tertiary/aromatic N) is 3. The number of hydrogen-bond acceptors (Lipinski definition) is 7. The molecule has 9 heteroatoms. The lowest BCUT2D eigenvalue weighted by Gasteiger charge is -2.23. The molecule has 0 bridgehead atoms. The summed E-state index contributed by atoms with van der Waals surface area (Å²) in [5, 5.41) is 3.00. The third-order valence-electron chi connectivity index (χ3n) is 3.91. The highest BCUT2D eigenvalue weighted by molar-refractivity contribution is 5.70. The van der Waals surface area contributed by atoms with Crippen LogP contribution < -0.4 is 10.9 Å². The van der Waals surface area contributed by atoms with Crippen LogP contribution in [0.25, 0.3) is 11.2 Å². The fourth-order valence-electron chi connectivity index (χ4n) is 2.88. The predicted octanol–water partition coefficient (Wildman–Crippen LogP) is 0.212. The third-order valence-corrected chi connectivity index (χ3v) is 3.91. The highest BCUT2D eigenvalue weighted by Crippen LogP contribution is 2.33. The molecule has 3 unspecified atom stereocenters. The van der Waals surface area contributed by atoms with Gasteiger partial charge in [0.2, 0.25) is 5.95 Å². The fourth-order valence-corrected chi connectivity index (χ4v) is 2.88. The van der Waals surface area contributed by atoms with E-state index in [0.717, 1.165) is 0 Å². The Bertz CT molecular complexity index is 728. The number of rotatable bonds is 3. The number of H-pyrrole nitrogens is 1. The van der Waals surface area contributed by atoms with Gasteiger partial charge in [-0.05, 0) is 6.92 Å². The second-order valence-electron chi connectivity index (χ2n) is 5.33. The number of anilines is 1. The Hall–Kier alpha value is -1.97. The van der Waals surface area contributed by atoms with E-state index in [1.807, 2.05) is 6.92 Å². The molecule has 0 saturated carbocycles. The van der Waals surface area contributed by atoms with Crippen molar-refractivity contribution in [2.24, 2.45) is 0 Å². The number of ether oxygens (including phenoxy) is 3. The summed E-state index contributed by atoms with van der Waals surface area (Å²) in [5.74, 6) is 0.428. The Morgan fingerprint density at radius 2 is 2.41 bits per heavy atom. The number of hydrogen-bond donors (Lipinski definition) is 2. The van der Waals surface area contributed by atoms with Crippen molar-refractivity contribution in [3.8, 4) is 0 Å². The van der Waals surface area contributed by atoms with Gasteiger partial charge in [-0.2, -0.15) is 4.98 Å². The van der Waals surface area contributed by atoms with Crippen molar-refractivity contribution in [1.82, 2.24) is 19.5 Å². The highest BCUT2D eigenvalue weighted by atomic mass is 16.7. The van der Waals surface area contributed by atoms with Gasteiger partial charge >= 0.3 is 0 Å². The molecule has 2 aliphatic heterocycles. The van der Waals surface area contributed by atoms with Crippen molar-refractivity contribution < 1.29 is 14.2 Å². The number of aromatic amines is 1. The molecule has 2 fully saturated rings. The van der Waals surface area contributed by atoms with Gasteiger partial charge in [0.05, 0.1) is 19.0 Å². The SMILES string of the molecule is CCNc1nc2c(ncn2C2CC3OCOCC3O2)c(=O)[nH]1. The molecule has 2 saturated heterocycles. The molecule has 2 aliphatic rings. The fraction of sp³-hybridized carbons (Fsp3) is 0.615. The maximum Gasteiger partial charge on any atom is 0.280 e. The average molecular weight is 307 g/mol. The normalized spacial score (nSPS) is 28.0. The number of nitrogens with one attached hydrogen (secondary N) is 2.